The van der Waals surface area contributed by atoms with Gasteiger partial charge in [0, 0.05) is 24.7 Å². The second-order valence-electron chi connectivity index (χ2n) is 8.01. The SMILES string of the molecule is Cc1ccc(NC(=O)N(CCC[NH+]2CCOCC2)CC(=O)Nc2cc(C)on2)c(C)c1. The Morgan fingerprint density at radius 3 is 2.58 bits per heavy atom. The smallest absolute Gasteiger partial charge is 0.322 e. The van der Waals surface area contributed by atoms with Crippen molar-refractivity contribution < 1.29 is 23.7 Å². The van der Waals surface area contributed by atoms with Gasteiger partial charge in [-0.25, -0.2) is 4.79 Å². The first-order valence-electron chi connectivity index (χ1n) is 10.7. The highest BCUT2D eigenvalue weighted by molar-refractivity contribution is 5.96. The topological polar surface area (TPSA) is 101 Å². The summed E-state index contributed by atoms with van der Waals surface area (Å²) in [6.45, 7) is 10.5. The minimum absolute atomic E-state index is 0.0684. The molecule has 0 saturated carbocycles. The average molecular weight is 431 g/mol. The molecule has 0 aliphatic carbocycles. The summed E-state index contributed by atoms with van der Waals surface area (Å²) in [6, 6.07) is 7.20. The molecule has 0 radical (unpaired) electrons. The van der Waals surface area contributed by atoms with Gasteiger partial charge in [-0.05, 0) is 32.4 Å². The molecule has 2 heterocycles. The van der Waals surface area contributed by atoms with Crippen LogP contribution in [0.5, 0.6) is 0 Å². The number of quaternary nitrogens is 1. The number of aryl methyl sites for hydroxylation is 3. The molecule has 0 spiro atoms. The number of hydrogen-bond donors (Lipinski definition) is 3. The molecule has 2 aromatic rings. The molecule has 0 atom stereocenters. The first-order chi connectivity index (χ1) is 14.9. The molecule has 31 heavy (non-hydrogen) atoms. The average Bonchev–Trinajstić information content (AvgIpc) is 3.14. The van der Waals surface area contributed by atoms with Crippen molar-refractivity contribution in [1.29, 1.82) is 0 Å². The second kappa shape index (κ2) is 10.9. The lowest BCUT2D eigenvalue weighted by Gasteiger charge is -2.26. The van der Waals surface area contributed by atoms with Gasteiger partial charge >= 0.3 is 6.03 Å². The van der Waals surface area contributed by atoms with Crippen LogP contribution in [0, 0.1) is 20.8 Å². The van der Waals surface area contributed by atoms with Gasteiger partial charge in [-0.1, -0.05) is 22.9 Å². The second-order valence-corrected chi connectivity index (χ2v) is 8.01. The number of aromatic nitrogens is 1. The van der Waals surface area contributed by atoms with E-state index in [0.717, 1.165) is 56.1 Å². The van der Waals surface area contributed by atoms with Crippen molar-refractivity contribution >= 4 is 23.4 Å². The van der Waals surface area contributed by atoms with Crippen LogP contribution in [0.4, 0.5) is 16.3 Å². The predicted molar refractivity (Wildman–Crippen MR) is 117 cm³/mol. The predicted octanol–water partition coefficient (Wildman–Crippen LogP) is 1.38. The molecule has 9 nitrogen and oxygen atoms in total. The third-order valence-corrected chi connectivity index (χ3v) is 5.30. The number of morpholine rings is 1. The van der Waals surface area contributed by atoms with E-state index in [-0.39, 0.29) is 18.5 Å². The Balaban J connectivity index is 1.61. The molecule has 3 amide bonds. The van der Waals surface area contributed by atoms with Gasteiger partial charge in [0.2, 0.25) is 5.91 Å². The fourth-order valence-electron chi connectivity index (χ4n) is 3.61. The van der Waals surface area contributed by atoms with Crippen LogP contribution in [-0.4, -0.2) is 67.9 Å². The monoisotopic (exact) mass is 430 g/mol. The molecule has 1 aliphatic heterocycles. The van der Waals surface area contributed by atoms with Gasteiger partial charge in [0.15, 0.2) is 5.82 Å². The molecule has 9 heteroatoms. The van der Waals surface area contributed by atoms with Crippen molar-refractivity contribution in [1.82, 2.24) is 10.1 Å². The van der Waals surface area contributed by atoms with Crippen LogP contribution < -0.4 is 15.5 Å². The van der Waals surface area contributed by atoms with Gasteiger partial charge in [-0.2, -0.15) is 0 Å². The number of ether oxygens (including phenoxy) is 1. The van der Waals surface area contributed by atoms with E-state index in [1.165, 1.54) is 4.90 Å². The summed E-state index contributed by atoms with van der Waals surface area (Å²) in [6.07, 6.45) is 0.798. The van der Waals surface area contributed by atoms with Crippen LogP contribution in [0.2, 0.25) is 0 Å². The lowest BCUT2D eigenvalue weighted by atomic mass is 10.1. The summed E-state index contributed by atoms with van der Waals surface area (Å²) in [5.41, 5.74) is 2.85. The Morgan fingerprint density at radius 2 is 1.90 bits per heavy atom. The normalized spacial score (nSPS) is 14.3. The maximum Gasteiger partial charge on any atom is 0.322 e. The van der Waals surface area contributed by atoms with Crippen LogP contribution in [0.1, 0.15) is 23.3 Å². The van der Waals surface area contributed by atoms with E-state index in [0.29, 0.717) is 18.1 Å². The molecule has 3 rings (SSSR count). The third kappa shape index (κ3) is 7.08. The lowest BCUT2D eigenvalue weighted by Crippen LogP contribution is -3.14. The van der Waals surface area contributed by atoms with Crippen LogP contribution in [0.15, 0.2) is 28.8 Å². The lowest BCUT2D eigenvalue weighted by molar-refractivity contribution is -0.908. The van der Waals surface area contributed by atoms with Gasteiger partial charge < -0.3 is 29.7 Å². The minimum Gasteiger partial charge on any atom is -0.370 e. The van der Waals surface area contributed by atoms with E-state index in [9.17, 15) is 9.59 Å². The Morgan fingerprint density at radius 1 is 1.13 bits per heavy atom. The molecule has 3 N–H and O–H groups in total. The highest BCUT2D eigenvalue weighted by atomic mass is 16.5. The van der Waals surface area contributed by atoms with Gasteiger partial charge in [0.05, 0.1) is 19.8 Å². The van der Waals surface area contributed by atoms with Gasteiger partial charge in [0.1, 0.15) is 25.4 Å². The zero-order chi connectivity index (χ0) is 22.2. The van der Waals surface area contributed by atoms with E-state index in [1.807, 2.05) is 32.0 Å². The molecule has 0 bridgehead atoms. The van der Waals surface area contributed by atoms with Crippen molar-refractivity contribution in [2.75, 3.05) is 56.6 Å². The van der Waals surface area contributed by atoms with Crippen molar-refractivity contribution in [3.63, 3.8) is 0 Å². The number of hydrogen-bond acceptors (Lipinski definition) is 5. The van der Waals surface area contributed by atoms with Crippen LogP contribution in [0.25, 0.3) is 0 Å². The van der Waals surface area contributed by atoms with Crippen LogP contribution in [0.3, 0.4) is 0 Å². The summed E-state index contributed by atoms with van der Waals surface area (Å²) >= 11 is 0. The Bertz CT molecular complexity index is 892. The van der Waals surface area contributed by atoms with Crippen molar-refractivity contribution in [2.24, 2.45) is 0 Å². The molecule has 1 aromatic heterocycles. The van der Waals surface area contributed by atoms with E-state index in [1.54, 1.807) is 17.9 Å². The number of urea groups is 1. The summed E-state index contributed by atoms with van der Waals surface area (Å²) in [5, 5.41) is 9.41. The maximum absolute atomic E-state index is 13.0. The Kier molecular flexibility index (Phi) is 8.02. The molecule has 1 aliphatic rings. The summed E-state index contributed by atoms with van der Waals surface area (Å²) in [7, 11) is 0. The largest absolute Gasteiger partial charge is 0.370 e. The number of anilines is 2. The minimum atomic E-state index is -0.317. The standard InChI is InChI=1S/C22H31N5O4/c1-16-5-6-19(17(2)13-16)23-22(29)27(8-4-7-26-9-11-30-12-10-26)15-21(28)24-20-14-18(3)31-25-20/h5-6,13-14H,4,7-12,15H2,1-3H3,(H,23,29)(H,24,25,28)/p+1. The number of amides is 3. The Hall–Kier alpha value is -2.91. The van der Waals surface area contributed by atoms with Crippen molar-refractivity contribution in [3.8, 4) is 0 Å². The maximum atomic E-state index is 13.0. The zero-order valence-electron chi connectivity index (χ0n) is 18.5. The van der Waals surface area contributed by atoms with E-state index >= 15 is 0 Å². The number of carbonyl (C=O) groups is 2. The molecule has 168 valence electrons. The fraction of sp³-hybridized carbons (Fsp3) is 0.500. The van der Waals surface area contributed by atoms with Gasteiger partial charge in [-0.3, -0.25) is 4.79 Å². The quantitative estimate of drug-likeness (QED) is 0.587. The highest BCUT2D eigenvalue weighted by Crippen LogP contribution is 2.17. The number of nitrogens with one attached hydrogen (secondary N) is 3. The molecule has 1 fully saturated rings. The first kappa shape index (κ1) is 22.8. The molecule has 0 unspecified atom stereocenters. The first-order valence-corrected chi connectivity index (χ1v) is 10.7. The molecule has 1 aromatic carbocycles. The van der Waals surface area contributed by atoms with Crippen LogP contribution >= 0.6 is 0 Å². The van der Waals surface area contributed by atoms with E-state index in [2.05, 4.69) is 15.8 Å². The number of carbonyl (C=O) groups excluding carboxylic acids is 2. The Labute approximate surface area is 182 Å². The summed E-state index contributed by atoms with van der Waals surface area (Å²) in [5.74, 6) is 0.631. The summed E-state index contributed by atoms with van der Waals surface area (Å²) in [4.78, 5) is 28.5. The molecule has 1 saturated heterocycles. The fourth-order valence-corrected chi connectivity index (χ4v) is 3.61. The van der Waals surface area contributed by atoms with Crippen LogP contribution in [-0.2, 0) is 9.53 Å². The molecular weight excluding hydrogens is 398 g/mol. The van der Waals surface area contributed by atoms with E-state index in [4.69, 9.17) is 9.26 Å². The van der Waals surface area contributed by atoms with Gasteiger partial charge in [-0.15, -0.1) is 0 Å². The van der Waals surface area contributed by atoms with Gasteiger partial charge in [0.25, 0.3) is 0 Å². The summed E-state index contributed by atoms with van der Waals surface area (Å²) < 4.78 is 10.4. The molecular formula is C22H32N5O4+. The highest BCUT2D eigenvalue weighted by Gasteiger charge is 2.20. The zero-order valence-corrected chi connectivity index (χ0v) is 18.5. The van der Waals surface area contributed by atoms with Crippen molar-refractivity contribution in [3.05, 3.63) is 41.2 Å². The number of benzene rings is 1. The third-order valence-electron chi connectivity index (χ3n) is 5.30. The number of rotatable bonds is 8. The van der Waals surface area contributed by atoms with E-state index < -0.39 is 0 Å². The van der Waals surface area contributed by atoms with Crippen molar-refractivity contribution in [2.45, 2.75) is 27.2 Å². The number of nitrogens with zero attached hydrogens (tertiary/aromatic N) is 2.